The molecule has 0 unspecified atom stereocenters. The van der Waals surface area contributed by atoms with Crippen molar-refractivity contribution in [3.63, 3.8) is 0 Å². The molecule has 2 fully saturated rings. The third-order valence-electron chi connectivity index (χ3n) is 5.25. The van der Waals surface area contributed by atoms with E-state index < -0.39 is 0 Å². The van der Waals surface area contributed by atoms with Crippen LogP contribution in [0.25, 0.3) is 0 Å². The van der Waals surface area contributed by atoms with Crippen LogP contribution in [0.5, 0.6) is 0 Å². The molecule has 1 aliphatic heterocycles. The van der Waals surface area contributed by atoms with Crippen LogP contribution in [0.2, 0.25) is 0 Å². The molecule has 18 heavy (non-hydrogen) atoms. The van der Waals surface area contributed by atoms with Crippen LogP contribution in [0.4, 0.5) is 0 Å². The van der Waals surface area contributed by atoms with E-state index in [2.05, 4.69) is 30.1 Å². The topological polar surface area (TPSA) is 15.3 Å². The largest absolute Gasteiger partial charge is 0.308 e. The number of hydrogen-bond acceptors (Lipinski definition) is 2. The third-order valence-corrected chi connectivity index (χ3v) is 5.43. The monoisotopic (exact) mass is 270 g/mol. The van der Waals surface area contributed by atoms with Gasteiger partial charge in [-0.2, -0.15) is 0 Å². The summed E-state index contributed by atoms with van der Waals surface area (Å²) < 4.78 is 0. The van der Waals surface area contributed by atoms with Gasteiger partial charge in [-0.05, 0) is 25.7 Å². The summed E-state index contributed by atoms with van der Waals surface area (Å²) in [4.78, 5) is 2.67. The van der Waals surface area contributed by atoms with Gasteiger partial charge in [0, 0.05) is 36.2 Å². The Hall–Kier alpha value is -0.0500. The predicted molar refractivity (Wildman–Crippen MR) is 79.1 cm³/mol. The summed E-state index contributed by atoms with van der Waals surface area (Å²) in [7, 11) is 0. The van der Waals surface area contributed by atoms with Crippen molar-refractivity contribution >= 4 is 11.6 Å². The van der Waals surface area contributed by atoms with Gasteiger partial charge in [-0.25, -0.2) is 0 Å². The van der Waals surface area contributed by atoms with E-state index in [0.29, 0.717) is 11.1 Å². The summed E-state index contributed by atoms with van der Waals surface area (Å²) in [6, 6.07) is 0. The molecule has 2 nitrogen and oxygen atoms in total. The maximum absolute atomic E-state index is 5.73. The molecular formula is C15H27ClN2. The van der Waals surface area contributed by atoms with Crippen molar-refractivity contribution in [2.75, 3.05) is 19.6 Å². The van der Waals surface area contributed by atoms with E-state index >= 15 is 0 Å². The highest BCUT2D eigenvalue weighted by Gasteiger charge is 2.46. The number of nitrogens with one attached hydrogen (secondary N) is 1. The first-order valence-electron chi connectivity index (χ1n) is 7.45. The van der Waals surface area contributed by atoms with E-state index in [1.165, 1.54) is 45.1 Å². The molecule has 1 N–H and O–H groups in total. The van der Waals surface area contributed by atoms with Gasteiger partial charge in [0.15, 0.2) is 0 Å². The molecule has 2 aliphatic rings. The summed E-state index contributed by atoms with van der Waals surface area (Å²) in [5.41, 5.74) is 2.39. The van der Waals surface area contributed by atoms with Crippen LogP contribution in [-0.2, 0) is 0 Å². The molecule has 1 saturated carbocycles. The van der Waals surface area contributed by atoms with Crippen LogP contribution in [0.3, 0.4) is 0 Å². The lowest BCUT2D eigenvalue weighted by atomic mass is 9.82. The van der Waals surface area contributed by atoms with Crippen LogP contribution >= 0.6 is 11.6 Å². The molecular weight excluding hydrogens is 244 g/mol. The van der Waals surface area contributed by atoms with Crippen molar-refractivity contribution in [1.29, 1.82) is 0 Å². The van der Waals surface area contributed by atoms with E-state index in [1.807, 2.05) is 0 Å². The zero-order chi connectivity index (χ0) is 13.1. The fourth-order valence-corrected chi connectivity index (χ4v) is 3.89. The average Bonchev–Trinajstić information content (AvgIpc) is 2.86. The number of piperazine rings is 1. The van der Waals surface area contributed by atoms with Gasteiger partial charge >= 0.3 is 0 Å². The summed E-state index contributed by atoms with van der Waals surface area (Å²) in [5, 5.41) is 3.89. The summed E-state index contributed by atoms with van der Waals surface area (Å²) in [6.07, 6.45) is 9.98. The zero-order valence-corrected chi connectivity index (χ0v) is 12.6. The minimum absolute atomic E-state index is 0.324. The Morgan fingerprint density at radius 1 is 1.22 bits per heavy atom. The van der Waals surface area contributed by atoms with Gasteiger partial charge in [0.2, 0.25) is 0 Å². The normalized spacial score (nSPS) is 27.3. The first kappa shape index (κ1) is 14.4. The van der Waals surface area contributed by atoms with E-state index in [0.717, 1.165) is 13.1 Å². The Labute approximate surface area is 117 Å². The van der Waals surface area contributed by atoms with Crippen LogP contribution in [-0.4, -0.2) is 35.6 Å². The van der Waals surface area contributed by atoms with Crippen molar-refractivity contribution in [2.45, 2.75) is 63.5 Å². The molecule has 104 valence electrons. The third kappa shape index (κ3) is 2.61. The van der Waals surface area contributed by atoms with Crippen molar-refractivity contribution in [1.82, 2.24) is 10.2 Å². The van der Waals surface area contributed by atoms with Gasteiger partial charge in [-0.1, -0.05) is 44.4 Å². The summed E-state index contributed by atoms with van der Waals surface area (Å²) in [6.45, 7) is 7.95. The van der Waals surface area contributed by atoms with E-state index in [4.69, 9.17) is 11.6 Å². The SMILES string of the molecule is CCC1(CC)CNC2(CCCC2)CN1C/C=C/Cl. The number of rotatable bonds is 4. The summed E-state index contributed by atoms with van der Waals surface area (Å²) >= 11 is 5.73. The second-order valence-electron chi connectivity index (χ2n) is 6.01. The van der Waals surface area contributed by atoms with Crippen molar-refractivity contribution < 1.29 is 0 Å². The Morgan fingerprint density at radius 2 is 1.89 bits per heavy atom. The molecule has 1 spiro atoms. The Kier molecular flexibility index (Phi) is 4.74. The van der Waals surface area contributed by atoms with Gasteiger partial charge < -0.3 is 5.32 Å². The lowest BCUT2D eigenvalue weighted by Gasteiger charge is -2.53. The highest BCUT2D eigenvalue weighted by atomic mass is 35.5. The fraction of sp³-hybridized carbons (Fsp3) is 0.867. The molecule has 0 atom stereocenters. The maximum atomic E-state index is 5.73. The van der Waals surface area contributed by atoms with Gasteiger partial charge in [0.05, 0.1) is 0 Å². The molecule has 0 aromatic rings. The molecule has 2 rings (SSSR count). The molecule has 1 heterocycles. The molecule has 0 aromatic heterocycles. The average molecular weight is 271 g/mol. The number of hydrogen-bond donors (Lipinski definition) is 1. The second-order valence-corrected chi connectivity index (χ2v) is 6.27. The van der Waals surface area contributed by atoms with Crippen LogP contribution in [0.1, 0.15) is 52.4 Å². The quantitative estimate of drug-likeness (QED) is 0.841. The highest BCUT2D eigenvalue weighted by Crippen LogP contribution is 2.38. The minimum atomic E-state index is 0.324. The van der Waals surface area contributed by atoms with E-state index in [-0.39, 0.29) is 0 Å². The molecule has 0 radical (unpaired) electrons. The first-order chi connectivity index (χ1) is 8.70. The number of halogens is 1. The van der Waals surface area contributed by atoms with Crippen molar-refractivity contribution in [2.24, 2.45) is 0 Å². The Morgan fingerprint density at radius 3 is 2.44 bits per heavy atom. The van der Waals surface area contributed by atoms with E-state index in [1.54, 1.807) is 5.54 Å². The van der Waals surface area contributed by atoms with Gasteiger partial charge in [0.1, 0.15) is 0 Å². The van der Waals surface area contributed by atoms with Crippen LogP contribution < -0.4 is 5.32 Å². The second kappa shape index (κ2) is 5.94. The number of nitrogens with zero attached hydrogens (tertiary/aromatic N) is 1. The minimum Gasteiger partial charge on any atom is -0.308 e. The highest BCUT2D eigenvalue weighted by molar-refractivity contribution is 6.25. The molecule has 1 saturated heterocycles. The first-order valence-corrected chi connectivity index (χ1v) is 7.89. The molecule has 3 heteroatoms. The van der Waals surface area contributed by atoms with Gasteiger partial charge in [-0.15, -0.1) is 0 Å². The van der Waals surface area contributed by atoms with E-state index in [9.17, 15) is 0 Å². The van der Waals surface area contributed by atoms with Crippen molar-refractivity contribution in [3.05, 3.63) is 11.6 Å². The van der Waals surface area contributed by atoms with Gasteiger partial charge in [-0.3, -0.25) is 4.90 Å². The smallest absolute Gasteiger partial charge is 0.0333 e. The van der Waals surface area contributed by atoms with Crippen molar-refractivity contribution in [3.8, 4) is 0 Å². The van der Waals surface area contributed by atoms with Crippen LogP contribution in [0, 0.1) is 0 Å². The molecule has 0 aromatic carbocycles. The van der Waals surface area contributed by atoms with Crippen LogP contribution in [0.15, 0.2) is 11.6 Å². The Balaban J connectivity index is 2.14. The molecule has 0 bridgehead atoms. The fourth-order valence-electron chi connectivity index (χ4n) is 3.81. The molecule has 1 aliphatic carbocycles. The molecule has 0 amide bonds. The zero-order valence-electron chi connectivity index (χ0n) is 11.8. The van der Waals surface area contributed by atoms with Gasteiger partial charge in [0.25, 0.3) is 0 Å². The summed E-state index contributed by atoms with van der Waals surface area (Å²) in [5.74, 6) is 0. The maximum Gasteiger partial charge on any atom is 0.0333 e. The Bertz CT molecular complexity index is 291. The lowest BCUT2D eigenvalue weighted by molar-refractivity contribution is 0.00902. The lowest BCUT2D eigenvalue weighted by Crippen LogP contribution is -2.69. The predicted octanol–water partition coefficient (Wildman–Crippen LogP) is 3.52. The standard InChI is InChI=1S/C15H27ClN2/c1-3-15(4-2)12-17-14(8-5-6-9-14)13-18(15)11-7-10-16/h7,10,17H,3-6,8-9,11-13H2,1-2H3/b10-7+.